The molecule has 1 saturated heterocycles. The summed E-state index contributed by atoms with van der Waals surface area (Å²) < 4.78 is 0. The second-order valence-electron chi connectivity index (χ2n) is 6.25. The smallest absolute Gasteiger partial charge is 0.254 e. The molecular formula is C17H26ClN3O2. The topological polar surface area (TPSA) is 75.4 Å². The molecule has 2 amide bonds. The molecule has 6 heteroatoms. The molecular weight excluding hydrogens is 314 g/mol. The number of hydrogen-bond donors (Lipinski definition) is 2. The number of likely N-dealkylation sites (tertiary alicyclic amines) is 1. The number of benzene rings is 1. The van der Waals surface area contributed by atoms with E-state index in [0.29, 0.717) is 31.6 Å². The van der Waals surface area contributed by atoms with Crippen LogP contribution in [0.15, 0.2) is 30.3 Å². The molecule has 1 aromatic rings. The predicted octanol–water partition coefficient (Wildman–Crippen LogP) is 1.81. The van der Waals surface area contributed by atoms with Gasteiger partial charge in [0.15, 0.2) is 0 Å². The van der Waals surface area contributed by atoms with Gasteiger partial charge < -0.3 is 16.0 Å². The summed E-state index contributed by atoms with van der Waals surface area (Å²) in [6.07, 6.45) is 1.53. The molecule has 3 N–H and O–H groups in total. The number of hydrogen-bond acceptors (Lipinski definition) is 3. The third-order valence-corrected chi connectivity index (χ3v) is 4.41. The van der Waals surface area contributed by atoms with Crippen molar-refractivity contribution in [2.45, 2.75) is 32.2 Å². The van der Waals surface area contributed by atoms with E-state index in [-0.39, 0.29) is 30.1 Å². The first kappa shape index (κ1) is 19.5. The van der Waals surface area contributed by atoms with Crippen molar-refractivity contribution in [3.8, 4) is 0 Å². The van der Waals surface area contributed by atoms with Gasteiger partial charge in [-0.2, -0.15) is 0 Å². The summed E-state index contributed by atoms with van der Waals surface area (Å²) in [7, 11) is 0. The normalized spacial score (nSPS) is 21.4. The molecule has 23 heavy (non-hydrogen) atoms. The second-order valence-corrected chi connectivity index (χ2v) is 6.25. The van der Waals surface area contributed by atoms with Crippen molar-refractivity contribution >= 4 is 24.2 Å². The summed E-state index contributed by atoms with van der Waals surface area (Å²) in [4.78, 5) is 27.0. The van der Waals surface area contributed by atoms with E-state index in [1.165, 1.54) is 0 Å². The fourth-order valence-electron chi connectivity index (χ4n) is 2.80. The van der Waals surface area contributed by atoms with Gasteiger partial charge >= 0.3 is 0 Å². The van der Waals surface area contributed by atoms with Crippen molar-refractivity contribution in [3.63, 3.8) is 0 Å². The summed E-state index contributed by atoms with van der Waals surface area (Å²) >= 11 is 0. The molecule has 1 aliphatic rings. The highest BCUT2D eigenvalue weighted by Gasteiger charge is 2.45. The Bertz CT molecular complexity index is 538. The monoisotopic (exact) mass is 339 g/mol. The van der Waals surface area contributed by atoms with Crippen molar-refractivity contribution in [2.75, 3.05) is 19.6 Å². The Morgan fingerprint density at radius 1 is 1.35 bits per heavy atom. The molecule has 0 saturated carbocycles. The lowest BCUT2D eigenvalue weighted by atomic mass is 9.96. The second kappa shape index (κ2) is 8.31. The number of halogens is 1. The Labute approximate surface area is 144 Å². The molecule has 2 rings (SSSR count). The van der Waals surface area contributed by atoms with Gasteiger partial charge in [-0.3, -0.25) is 9.59 Å². The number of nitrogens with zero attached hydrogens (tertiary/aromatic N) is 1. The Morgan fingerprint density at radius 2 is 2.00 bits per heavy atom. The van der Waals surface area contributed by atoms with E-state index in [1.54, 1.807) is 17.0 Å². The highest BCUT2D eigenvalue weighted by atomic mass is 35.5. The van der Waals surface area contributed by atoms with Gasteiger partial charge in [0.25, 0.3) is 5.91 Å². The minimum atomic E-state index is -0.777. The van der Waals surface area contributed by atoms with Crippen LogP contribution in [0.2, 0.25) is 0 Å². The van der Waals surface area contributed by atoms with Gasteiger partial charge in [0, 0.05) is 18.7 Å². The van der Waals surface area contributed by atoms with Crippen molar-refractivity contribution in [2.24, 2.45) is 11.7 Å². The summed E-state index contributed by atoms with van der Waals surface area (Å²) in [6, 6.07) is 9.12. The minimum absolute atomic E-state index is 0. The SMILES string of the molecule is CC(CN)CNC(=O)C1(C)CCCN1C(=O)c1ccccc1.Cl. The van der Waals surface area contributed by atoms with Crippen LogP contribution in [0, 0.1) is 5.92 Å². The quantitative estimate of drug-likeness (QED) is 0.859. The van der Waals surface area contributed by atoms with E-state index < -0.39 is 5.54 Å². The van der Waals surface area contributed by atoms with E-state index in [4.69, 9.17) is 5.73 Å². The third-order valence-electron chi connectivity index (χ3n) is 4.41. The van der Waals surface area contributed by atoms with E-state index in [0.717, 1.165) is 6.42 Å². The lowest BCUT2D eigenvalue weighted by molar-refractivity contribution is -0.130. The van der Waals surface area contributed by atoms with Crippen molar-refractivity contribution in [1.82, 2.24) is 10.2 Å². The first-order chi connectivity index (χ1) is 10.5. The third kappa shape index (κ3) is 4.24. The zero-order chi connectivity index (χ0) is 16.2. The van der Waals surface area contributed by atoms with E-state index in [9.17, 15) is 9.59 Å². The Balaban J connectivity index is 0.00000264. The first-order valence-electron chi connectivity index (χ1n) is 7.84. The van der Waals surface area contributed by atoms with Crippen LogP contribution in [0.5, 0.6) is 0 Å². The Morgan fingerprint density at radius 3 is 2.61 bits per heavy atom. The van der Waals surface area contributed by atoms with Crippen LogP contribution in [-0.2, 0) is 4.79 Å². The van der Waals surface area contributed by atoms with E-state index in [2.05, 4.69) is 5.32 Å². The summed E-state index contributed by atoms with van der Waals surface area (Å²) in [5.74, 6) is 0.0597. The Kier molecular flexibility index (Phi) is 7.03. The highest BCUT2D eigenvalue weighted by molar-refractivity contribution is 5.99. The molecule has 128 valence electrons. The van der Waals surface area contributed by atoms with Gasteiger partial charge in [0.1, 0.15) is 5.54 Å². The van der Waals surface area contributed by atoms with Crippen LogP contribution in [0.1, 0.15) is 37.0 Å². The molecule has 1 aliphatic heterocycles. The summed E-state index contributed by atoms with van der Waals surface area (Å²) in [6.45, 7) is 5.53. The molecule has 2 unspecified atom stereocenters. The fourth-order valence-corrected chi connectivity index (χ4v) is 2.80. The van der Waals surface area contributed by atoms with Gasteiger partial charge in [0.2, 0.25) is 5.91 Å². The number of carbonyl (C=O) groups is 2. The van der Waals surface area contributed by atoms with Crippen LogP contribution < -0.4 is 11.1 Å². The van der Waals surface area contributed by atoms with E-state index in [1.807, 2.05) is 32.0 Å². The molecule has 0 aliphatic carbocycles. The molecule has 1 fully saturated rings. The molecule has 2 atom stereocenters. The summed E-state index contributed by atoms with van der Waals surface area (Å²) in [5.41, 5.74) is 5.43. The van der Waals surface area contributed by atoms with Crippen molar-refractivity contribution < 1.29 is 9.59 Å². The minimum Gasteiger partial charge on any atom is -0.354 e. The zero-order valence-corrected chi connectivity index (χ0v) is 14.6. The molecule has 5 nitrogen and oxygen atoms in total. The Hall–Kier alpha value is -1.59. The standard InChI is InChI=1S/C17H25N3O2.ClH/c1-13(11-18)12-19-16(22)17(2)9-6-10-20(17)15(21)14-7-4-3-5-8-14;/h3-5,7-8,13H,6,9-12,18H2,1-2H3,(H,19,22);1H. The molecule has 1 heterocycles. The maximum absolute atomic E-state index is 12.7. The molecule has 1 aromatic carbocycles. The summed E-state index contributed by atoms with van der Waals surface area (Å²) in [5, 5.41) is 2.94. The number of rotatable bonds is 5. The van der Waals surface area contributed by atoms with Crippen molar-refractivity contribution in [1.29, 1.82) is 0 Å². The van der Waals surface area contributed by atoms with Crippen LogP contribution in [0.25, 0.3) is 0 Å². The zero-order valence-electron chi connectivity index (χ0n) is 13.7. The number of carbonyl (C=O) groups excluding carboxylic acids is 2. The lowest BCUT2D eigenvalue weighted by Crippen LogP contribution is -2.56. The first-order valence-corrected chi connectivity index (χ1v) is 7.84. The van der Waals surface area contributed by atoms with E-state index >= 15 is 0 Å². The van der Waals surface area contributed by atoms with Crippen molar-refractivity contribution in [3.05, 3.63) is 35.9 Å². The fraction of sp³-hybridized carbons (Fsp3) is 0.529. The van der Waals surface area contributed by atoms with Crippen LogP contribution >= 0.6 is 12.4 Å². The number of amides is 2. The van der Waals surface area contributed by atoms with Gasteiger partial charge in [-0.15, -0.1) is 12.4 Å². The average Bonchev–Trinajstić information content (AvgIpc) is 2.95. The predicted molar refractivity (Wildman–Crippen MR) is 93.6 cm³/mol. The van der Waals surface area contributed by atoms with Crippen LogP contribution in [-0.4, -0.2) is 41.9 Å². The highest BCUT2D eigenvalue weighted by Crippen LogP contribution is 2.30. The maximum Gasteiger partial charge on any atom is 0.254 e. The number of nitrogens with one attached hydrogen (secondary N) is 1. The number of nitrogens with two attached hydrogens (primary N) is 1. The van der Waals surface area contributed by atoms with Gasteiger partial charge in [-0.1, -0.05) is 25.1 Å². The molecule has 0 bridgehead atoms. The average molecular weight is 340 g/mol. The van der Waals surface area contributed by atoms with Gasteiger partial charge in [-0.05, 0) is 44.4 Å². The van der Waals surface area contributed by atoms with Crippen LogP contribution in [0.3, 0.4) is 0 Å². The molecule has 0 radical (unpaired) electrons. The largest absolute Gasteiger partial charge is 0.354 e. The van der Waals surface area contributed by atoms with Crippen LogP contribution in [0.4, 0.5) is 0 Å². The van der Waals surface area contributed by atoms with Gasteiger partial charge in [-0.25, -0.2) is 0 Å². The molecule has 0 spiro atoms. The maximum atomic E-state index is 12.7. The molecule has 0 aromatic heterocycles. The van der Waals surface area contributed by atoms with Gasteiger partial charge in [0.05, 0.1) is 0 Å². The lowest BCUT2D eigenvalue weighted by Gasteiger charge is -2.34.